The van der Waals surface area contributed by atoms with Crippen LogP contribution in [0, 0.1) is 19.8 Å². The van der Waals surface area contributed by atoms with E-state index in [2.05, 4.69) is 20.6 Å². The van der Waals surface area contributed by atoms with E-state index in [1.165, 1.54) is 6.92 Å². The van der Waals surface area contributed by atoms with Crippen molar-refractivity contribution in [3.8, 4) is 0 Å². The summed E-state index contributed by atoms with van der Waals surface area (Å²) in [5.41, 5.74) is 3.25. The van der Waals surface area contributed by atoms with Crippen LogP contribution < -0.4 is 16.3 Å². The molecule has 0 fully saturated rings. The van der Waals surface area contributed by atoms with Crippen LogP contribution >= 0.6 is 0 Å². The van der Waals surface area contributed by atoms with E-state index in [0.717, 1.165) is 11.1 Å². The third kappa shape index (κ3) is 3.84. The number of benzene rings is 1. The summed E-state index contributed by atoms with van der Waals surface area (Å²) >= 11 is 0. The molecule has 2 aromatic rings. The number of H-pyrrole nitrogens is 2. The van der Waals surface area contributed by atoms with E-state index < -0.39 is 6.04 Å². The monoisotopic (exact) mass is 332 g/mol. The van der Waals surface area contributed by atoms with Crippen molar-refractivity contribution in [2.75, 3.05) is 5.32 Å². The van der Waals surface area contributed by atoms with Gasteiger partial charge in [0.15, 0.2) is 0 Å². The highest BCUT2D eigenvalue weighted by atomic mass is 16.2. The lowest BCUT2D eigenvalue weighted by Gasteiger charge is -2.20. The van der Waals surface area contributed by atoms with Gasteiger partial charge in [0.05, 0.1) is 16.7 Å². The Kier molecular flexibility index (Phi) is 5.11. The topological polar surface area (TPSA) is 107 Å². The Morgan fingerprint density at radius 3 is 2.46 bits per heavy atom. The van der Waals surface area contributed by atoms with Gasteiger partial charge < -0.3 is 20.6 Å². The fraction of sp³-hybridized carbons (Fsp3) is 0.471. The predicted octanol–water partition coefficient (Wildman–Crippen LogP) is 1.96. The fourth-order valence-electron chi connectivity index (χ4n) is 2.73. The predicted molar refractivity (Wildman–Crippen MR) is 94.1 cm³/mol. The molecule has 7 heteroatoms. The summed E-state index contributed by atoms with van der Waals surface area (Å²) in [4.78, 5) is 41.1. The molecule has 1 atom stereocenters. The molecule has 130 valence electrons. The smallest absolute Gasteiger partial charge is 0.323 e. The van der Waals surface area contributed by atoms with Gasteiger partial charge in [-0.1, -0.05) is 13.8 Å². The van der Waals surface area contributed by atoms with Crippen LogP contribution in [0.15, 0.2) is 10.9 Å². The molecule has 0 saturated heterocycles. The van der Waals surface area contributed by atoms with Gasteiger partial charge in [0.2, 0.25) is 11.8 Å². The quantitative estimate of drug-likeness (QED) is 0.672. The number of aryl methyl sites for hydroxylation is 1. The molecule has 0 aliphatic heterocycles. The zero-order chi connectivity index (χ0) is 18.0. The summed E-state index contributed by atoms with van der Waals surface area (Å²) in [5, 5.41) is 5.56. The van der Waals surface area contributed by atoms with Crippen molar-refractivity contribution in [2.45, 2.75) is 47.1 Å². The molecule has 2 amide bonds. The fourth-order valence-corrected chi connectivity index (χ4v) is 2.73. The lowest BCUT2D eigenvalue weighted by molar-refractivity contribution is -0.125. The summed E-state index contributed by atoms with van der Waals surface area (Å²) in [6, 6.07) is 1.24. The summed E-state index contributed by atoms with van der Waals surface area (Å²) in [6.07, 6.45) is 0.531. The van der Waals surface area contributed by atoms with Crippen molar-refractivity contribution in [3.63, 3.8) is 0 Å². The Hall–Kier alpha value is -2.57. The molecule has 0 radical (unpaired) electrons. The average Bonchev–Trinajstić information content (AvgIpc) is 2.82. The van der Waals surface area contributed by atoms with Crippen molar-refractivity contribution < 1.29 is 9.59 Å². The Morgan fingerprint density at radius 1 is 1.21 bits per heavy atom. The number of hydrogen-bond donors (Lipinski definition) is 4. The Labute approximate surface area is 140 Å². The van der Waals surface area contributed by atoms with Gasteiger partial charge in [-0.3, -0.25) is 9.59 Å². The number of anilines is 1. The number of carbonyl (C=O) groups is 2. The molecule has 0 saturated carbocycles. The first-order valence-corrected chi connectivity index (χ1v) is 7.99. The Balaban J connectivity index is 2.39. The maximum absolute atomic E-state index is 12.7. The Bertz CT molecular complexity index is 832. The molecule has 0 aliphatic rings. The van der Waals surface area contributed by atoms with Crippen LogP contribution in [0.2, 0.25) is 0 Å². The van der Waals surface area contributed by atoms with Gasteiger partial charge in [-0.2, -0.15) is 0 Å². The van der Waals surface area contributed by atoms with Gasteiger partial charge in [-0.05, 0) is 43.4 Å². The minimum atomic E-state index is -0.622. The van der Waals surface area contributed by atoms with Gasteiger partial charge in [0, 0.05) is 6.92 Å². The zero-order valence-corrected chi connectivity index (χ0v) is 14.7. The maximum atomic E-state index is 12.7. The van der Waals surface area contributed by atoms with E-state index in [1.54, 1.807) is 0 Å². The first-order chi connectivity index (χ1) is 11.2. The normalized spacial score (nSPS) is 12.4. The number of fused-ring (bicyclic) bond motifs is 1. The second kappa shape index (κ2) is 6.90. The summed E-state index contributed by atoms with van der Waals surface area (Å²) < 4.78 is 0. The van der Waals surface area contributed by atoms with E-state index in [-0.39, 0.29) is 23.4 Å². The number of nitrogens with one attached hydrogen (secondary N) is 4. The molecule has 0 bridgehead atoms. The van der Waals surface area contributed by atoms with Gasteiger partial charge in [0.1, 0.15) is 6.04 Å². The standard InChI is InChI=1S/C17H24N4O3/c1-8(2)6-13(18-11(5)22)16(23)20-14-10(4)9(3)7-12-15(14)21-17(24)19-12/h7-8,13H,6H2,1-5H3,(H,18,22)(H,20,23)(H2,19,21,24)/t13-/m0/s1. The number of amides is 2. The van der Waals surface area contributed by atoms with Gasteiger partial charge in [-0.15, -0.1) is 0 Å². The summed E-state index contributed by atoms with van der Waals surface area (Å²) in [5.74, 6) is -0.300. The number of imidazole rings is 1. The molecule has 1 aromatic carbocycles. The Morgan fingerprint density at radius 2 is 1.88 bits per heavy atom. The van der Waals surface area contributed by atoms with Crippen molar-refractivity contribution >= 4 is 28.5 Å². The van der Waals surface area contributed by atoms with E-state index >= 15 is 0 Å². The van der Waals surface area contributed by atoms with Crippen molar-refractivity contribution in [1.82, 2.24) is 15.3 Å². The molecule has 4 N–H and O–H groups in total. The van der Waals surface area contributed by atoms with Crippen LogP contribution in [0.1, 0.15) is 38.3 Å². The SMILES string of the molecule is CC(=O)N[C@@H](CC(C)C)C(=O)Nc1c(C)c(C)cc2[nH]c(=O)[nH]c12. The van der Waals surface area contributed by atoms with Gasteiger partial charge in [-0.25, -0.2) is 4.79 Å². The largest absolute Gasteiger partial charge is 0.345 e. The summed E-state index contributed by atoms with van der Waals surface area (Å²) in [6.45, 7) is 9.16. The number of aromatic amines is 2. The van der Waals surface area contributed by atoms with Crippen molar-refractivity contribution in [3.05, 3.63) is 27.7 Å². The van der Waals surface area contributed by atoms with E-state index in [4.69, 9.17) is 0 Å². The molecular weight excluding hydrogens is 308 g/mol. The molecular formula is C17H24N4O3. The molecule has 1 aromatic heterocycles. The van der Waals surface area contributed by atoms with Crippen LogP contribution in [-0.2, 0) is 9.59 Å². The second-order valence-corrected chi connectivity index (χ2v) is 6.57. The number of carbonyl (C=O) groups excluding carboxylic acids is 2. The van der Waals surface area contributed by atoms with Crippen LogP contribution in [0.25, 0.3) is 11.0 Å². The van der Waals surface area contributed by atoms with Crippen LogP contribution in [-0.4, -0.2) is 27.8 Å². The van der Waals surface area contributed by atoms with E-state index in [0.29, 0.717) is 23.1 Å². The van der Waals surface area contributed by atoms with Crippen molar-refractivity contribution in [2.24, 2.45) is 5.92 Å². The second-order valence-electron chi connectivity index (χ2n) is 6.57. The van der Waals surface area contributed by atoms with Crippen molar-refractivity contribution in [1.29, 1.82) is 0 Å². The van der Waals surface area contributed by atoms with Crippen LogP contribution in [0.4, 0.5) is 5.69 Å². The molecule has 1 heterocycles. The highest BCUT2D eigenvalue weighted by Crippen LogP contribution is 2.27. The van der Waals surface area contributed by atoms with Gasteiger partial charge >= 0.3 is 5.69 Å². The summed E-state index contributed by atoms with van der Waals surface area (Å²) in [7, 11) is 0. The average molecular weight is 332 g/mol. The minimum absolute atomic E-state index is 0.248. The minimum Gasteiger partial charge on any atom is -0.345 e. The number of rotatable bonds is 5. The third-order valence-corrected chi connectivity index (χ3v) is 3.98. The van der Waals surface area contributed by atoms with Crippen LogP contribution in [0.3, 0.4) is 0 Å². The highest BCUT2D eigenvalue weighted by molar-refractivity contribution is 6.04. The molecule has 24 heavy (non-hydrogen) atoms. The number of hydrogen-bond acceptors (Lipinski definition) is 3. The third-order valence-electron chi connectivity index (χ3n) is 3.98. The number of aromatic nitrogens is 2. The molecule has 2 rings (SSSR count). The molecule has 0 aliphatic carbocycles. The molecule has 0 unspecified atom stereocenters. The highest BCUT2D eigenvalue weighted by Gasteiger charge is 2.22. The van der Waals surface area contributed by atoms with E-state index in [9.17, 15) is 14.4 Å². The van der Waals surface area contributed by atoms with E-state index in [1.807, 2.05) is 33.8 Å². The lowest BCUT2D eigenvalue weighted by Crippen LogP contribution is -2.43. The lowest BCUT2D eigenvalue weighted by atomic mass is 10.0. The zero-order valence-electron chi connectivity index (χ0n) is 14.7. The maximum Gasteiger partial charge on any atom is 0.323 e. The van der Waals surface area contributed by atoms with Gasteiger partial charge in [0.25, 0.3) is 0 Å². The molecule has 0 spiro atoms. The first kappa shape index (κ1) is 17.8. The van der Waals surface area contributed by atoms with Crippen LogP contribution in [0.5, 0.6) is 0 Å². The first-order valence-electron chi connectivity index (χ1n) is 7.99. The molecule has 7 nitrogen and oxygen atoms in total.